The van der Waals surface area contributed by atoms with Crippen molar-refractivity contribution in [3.63, 3.8) is 0 Å². The van der Waals surface area contributed by atoms with Crippen molar-refractivity contribution in [3.8, 4) is 34.5 Å². The van der Waals surface area contributed by atoms with Gasteiger partial charge in [-0.1, -0.05) is 24.3 Å². The zero-order valence-corrected chi connectivity index (χ0v) is 26.0. The minimum atomic E-state index is -2.69. The molecule has 9 heteroatoms. The summed E-state index contributed by atoms with van der Waals surface area (Å²) < 4.78 is 58.0. The number of aromatic nitrogens is 1. The first-order chi connectivity index (χ1) is 22.7. The number of aldehydes is 1. The van der Waals surface area contributed by atoms with E-state index in [4.69, 9.17) is 0 Å². The Morgan fingerprint density at radius 2 is 1.47 bits per heavy atom. The van der Waals surface area contributed by atoms with Gasteiger partial charge in [0.1, 0.15) is 29.2 Å². The summed E-state index contributed by atoms with van der Waals surface area (Å²) >= 11 is -2.01. The number of halogens is 3. The second kappa shape index (κ2) is 11.8. The lowest BCUT2D eigenvalue weighted by Crippen LogP contribution is -2.44. The number of nitrogens with zero attached hydrogens (tertiary/aromatic N) is 3. The Bertz CT molecular complexity index is 2070. The van der Waals surface area contributed by atoms with Gasteiger partial charge in [-0.25, -0.2) is 13.2 Å². The fourth-order valence-corrected chi connectivity index (χ4v) is 8.87. The molecule has 3 saturated carbocycles. The van der Waals surface area contributed by atoms with Gasteiger partial charge in [0.2, 0.25) is 0 Å². The van der Waals surface area contributed by atoms with E-state index in [1.165, 1.54) is 42.5 Å². The zero-order chi connectivity index (χ0) is 32.9. The molecule has 0 N–H and O–H groups in total. The highest BCUT2D eigenvalue weighted by atomic mass is 32.2. The Hall–Kier alpha value is -4.83. The second-order valence-corrected chi connectivity index (χ2v) is 13.9. The van der Waals surface area contributed by atoms with Gasteiger partial charge in [0.25, 0.3) is 6.43 Å². The average molecular weight is 648 g/mol. The summed E-state index contributed by atoms with van der Waals surface area (Å²) in [7, 11) is 0. The summed E-state index contributed by atoms with van der Waals surface area (Å²) in [6.07, 6.45) is 3.43. The summed E-state index contributed by atoms with van der Waals surface area (Å²) in [5.74, 6) is -0.557. The molecular formula is C38H28F3N3O2S. The third-order valence-corrected chi connectivity index (χ3v) is 11.6. The van der Waals surface area contributed by atoms with E-state index in [-0.39, 0.29) is 32.4 Å². The van der Waals surface area contributed by atoms with Crippen molar-refractivity contribution in [2.24, 2.45) is 5.41 Å². The van der Waals surface area contributed by atoms with E-state index in [0.29, 0.717) is 33.3 Å². The van der Waals surface area contributed by atoms with Crippen LogP contribution in [0.15, 0.2) is 89.8 Å². The molecular weight excluding hydrogens is 619 g/mol. The summed E-state index contributed by atoms with van der Waals surface area (Å²) in [5.41, 5.74) is 2.98. The Morgan fingerprint density at radius 1 is 0.830 bits per heavy atom. The van der Waals surface area contributed by atoms with Crippen molar-refractivity contribution in [1.29, 1.82) is 10.5 Å². The van der Waals surface area contributed by atoms with Crippen LogP contribution in [0.3, 0.4) is 0 Å². The number of nitriles is 2. The smallest absolute Gasteiger partial charge is 0.263 e. The lowest BCUT2D eigenvalue weighted by atomic mass is 9.52. The quantitative estimate of drug-likeness (QED) is 0.130. The molecule has 1 heterocycles. The van der Waals surface area contributed by atoms with Crippen LogP contribution in [0, 0.1) is 33.9 Å². The van der Waals surface area contributed by atoms with Crippen LogP contribution >= 0.6 is 0 Å². The molecule has 5 nitrogen and oxygen atoms in total. The highest BCUT2D eigenvalue weighted by Gasteiger charge is 2.49. The Balaban J connectivity index is 1.53. The van der Waals surface area contributed by atoms with Crippen LogP contribution in [0.4, 0.5) is 13.2 Å². The predicted octanol–water partition coefficient (Wildman–Crippen LogP) is 9.16. The van der Waals surface area contributed by atoms with Crippen molar-refractivity contribution < 1.29 is 22.5 Å². The summed E-state index contributed by atoms with van der Waals surface area (Å²) in [4.78, 5) is 12.2. The van der Waals surface area contributed by atoms with Gasteiger partial charge in [-0.05, 0) is 110 Å². The van der Waals surface area contributed by atoms with E-state index in [0.717, 1.165) is 50.4 Å². The van der Waals surface area contributed by atoms with Crippen LogP contribution < -0.4 is 0 Å². The molecule has 0 amide bonds. The Kier molecular flexibility index (Phi) is 7.71. The summed E-state index contributed by atoms with van der Waals surface area (Å²) in [5, 5.41) is 20.7. The molecule has 1 aromatic heterocycles. The SMILES string of the molecule is N#Cc1cccc(C#N)c1-c1c(-c2cccc(C34CCC(C=O)(CC3)CC4)c2)n([S+]([O-])c2ccc(C(F)F)cc2)c2ccc(F)cc12. The number of carbonyl (C=O) groups is 1. The molecule has 0 saturated heterocycles. The molecule has 234 valence electrons. The number of hydrogen-bond acceptors (Lipinski definition) is 4. The summed E-state index contributed by atoms with van der Waals surface area (Å²) in [6.45, 7) is 0. The highest BCUT2D eigenvalue weighted by molar-refractivity contribution is 7.90. The van der Waals surface area contributed by atoms with Crippen LogP contribution in [-0.4, -0.2) is 14.8 Å². The van der Waals surface area contributed by atoms with Gasteiger partial charge in [0.15, 0.2) is 4.90 Å². The molecule has 1 unspecified atom stereocenters. The van der Waals surface area contributed by atoms with Crippen molar-refractivity contribution in [2.75, 3.05) is 0 Å². The van der Waals surface area contributed by atoms with E-state index < -0.39 is 23.6 Å². The maximum absolute atomic E-state index is 15.0. The van der Waals surface area contributed by atoms with Gasteiger partial charge in [-0.15, -0.1) is 0 Å². The molecule has 5 aromatic rings. The highest BCUT2D eigenvalue weighted by Crippen LogP contribution is 2.57. The number of alkyl halides is 2. The van der Waals surface area contributed by atoms with Crippen molar-refractivity contribution in [3.05, 3.63) is 113 Å². The van der Waals surface area contributed by atoms with E-state index in [9.17, 15) is 28.7 Å². The van der Waals surface area contributed by atoms with Crippen molar-refractivity contribution in [1.82, 2.24) is 3.97 Å². The standard InChI is InChI=1S/C38H28F3N3O2S/c39-29-9-12-32-31(20-29)34(33-26(21-42)4-1-5-27(33)22-43)35(44(32)47(46)30-10-7-24(8-11-30)36(40)41)25-3-2-6-28(19-25)38-16-13-37(23-45,14-17-38)15-18-38/h1-12,19-20,23,36H,13-18H2. The molecule has 1 atom stereocenters. The van der Waals surface area contributed by atoms with E-state index in [1.54, 1.807) is 22.2 Å². The van der Waals surface area contributed by atoms with E-state index in [2.05, 4.69) is 18.2 Å². The third kappa shape index (κ3) is 5.02. The molecule has 3 fully saturated rings. The topological polar surface area (TPSA) is 92.6 Å². The van der Waals surface area contributed by atoms with Crippen LogP contribution in [0.2, 0.25) is 0 Å². The molecule has 0 spiro atoms. The van der Waals surface area contributed by atoms with Crippen molar-refractivity contribution >= 4 is 28.6 Å². The van der Waals surface area contributed by atoms with Gasteiger partial charge in [0.05, 0.1) is 28.8 Å². The minimum Gasteiger partial charge on any atom is -0.587 e. The van der Waals surface area contributed by atoms with Gasteiger partial charge in [-0.3, -0.25) is 0 Å². The molecule has 47 heavy (non-hydrogen) atoms. The van der Waals surface area contributed by atoms with Crippen LogP contribution in [0.5, 0.6) is 0 Å². The summed E-state index contributed by atoms with van der Waals surface area (Å²) in [6, 6.07) is 26.3. The molecule has 4 aromatic carbocycles. The number of fused-ring (bicyclic) bond motifs is 4. The maximum Gasteiger partial charge on any atom is 0.263 e. The first-order valence-electron chi connectivity index (χ1n) is 15.4. The zero-order valence-electron chi connectivity index (χ0n) is 25.2. The third-order valence-electron chi connectivity index (χ3n) is 10.2. The fraction of sp³-hybridized carbons (Fsp3) is 0.237. The van der Waals surface area contributed by atoms with Gasteiger partial charge in [-0.2, -0.15) is 14.5 Å². The van der Waals surface area contributed by atoms with Crippen LogP contribution in [0.25, 0.3) is 33.3 Å². The number of carbonyl (C=O) groups excluding carboxylic acids is 1. The van der Waals surface area contributed by atoms with Crippen molar-refractivity contribution in [2.45, 2.75) is 55.3 Å². The monoisotopic (exact) mass is 647 g/mol. The number of rotatable bonds is 7. The predicted molar refractivity (Wildman–Crippen MR) is 173 cm³/mol. The molecule has 0 aliphatic heterocycles. The number of benzene rings is 4. The Labute approximate surface area is 273 Å². The first-order valence-corrected chi connectivity index (χ1v) is 16.5. The Morgan fingerprint density at radius 3 is 2.06 bits per heavy atom. The molecule has 0 radical (unpaired) electrons. The average Bonchev–Trinajstić information content (AvgIpc) is 3.45. The van der Waals surface area contributed by atoms with Gasteiger partial charge >= 0.3 is 0 Å². The maximum atomic E-state index is 15.0. The number of hydrogen-bond donors (Lipinski definition) is 0. The molecule has 8 rings (SSSR count). The molecule has 2 bridgehead atoms. The lowest BCUT2D eigenvalue weighted by Gasteiger charge is -2.51. The normalized spacial score (nSPS) is 21.0. The second-order valence-electron chi connectivity index (χ2n) is 12.6. The van der Waals surface area contributed by atoms with Gasteiger partial charge in [0, 0.05) is 33.1 Å². The van der Waals surface area contributed by atoms with E-state index in [1.807, 2.05) is 18.2 Å². The lowest BCUT2D eigenvalue weighted by molar-refractivity contribution is -0.122. The first kappa shape index (κ1) is 30.8. The van der Waals surface area contributed by atoms with E-state index >= 15 is 4.39 Å². The van der Waals surface area contributed by atoms with Crippen LogP contribution in [0.1, 0.15) is 67.2 Å². The van der Waals surface area contributed by atoms with Crippen LogP contribution in [-0.2, 0) is 21.6 Å². The molecule has 3 aliphatic carbocycles. The minimum absolute atomic E-state index is 0.142. The van der Waals surface area contributed by atoms with Gasteiger partial charge < -0.3 is 9.35 Å². The fourth-order valence-electron chi connectivity index (χ4n) is 7.59. The molecule has 3 aliphatic rings. The largest absolute Gasteiger partial charge is 0.587 e.